The lowest BCUT2D eigenvalue weighted by Gasteiger charge is -2.13. The molecule has 7 nitrogen and oxygen atoms in total. The van der Waals surface area contributed by atoms with Gasteiger partial charge in [-0.05, 0) is 51.3 Å². The molecule has 29 heavy (non-hydrogen) atoms. The van der Waals surface area contributed by atoms with E-state index in [1.807, 2.05) is 42.8 Å². The summed E-state index contributed by atoms with van der Waals surface area (Å²) < 4.78 is 3.66. The van der Waals surface area contributed by atoms with Crippen molar-refractivity contribution in [2.45, 2.75) is 57.4 Å². The van der Waals surface area contributed by atoms with Gasteiger partial charge in [-0.2, -0.15) is 5.10 Å². The molecule has 0 atom stereocenters. The maximum absolute atomic E-state index is 13.1. The van der Waals surface area contributed by atoms with Gasteiger partial charge in [-0.3, -0.25) is 18.8 Å². The van der Waals surface area contributed by atoms with Crippen LogP contribution < -0.4 is 10.9 Å². The van der Waals surface area contributed by atoms with Crippen LogP contribution in [0.5, 0.6) is 0 Å². The number of nitrogens with one attached hydrogen (secondary N) is 1. The Morgan fingerprint density at radius 2 is 2.03 bits per heavy atom. The Balaban J connectivity index is 1.54. The van der Waals surface area contributed by atoms with Gasteiger partial charge in [0, 0.05) is 24.8 Å². The lowest BCUT2D eigenvalue weighted by Crippen LogP contribution is -2.28. The van der Waals surface area contributed by atoms with Gasteiger partial charge in [0.05, 0.1) is 22.3 Å². The third-order valence-corrected chi connectivity index (χ3v) is 5.93. The van der Waals surface area contributed by atoms with Crippen LogP contribution in [-0.2, 0) is 17.9 Å². The summed E-state index contributed by atoms with van der Waals surface area (Å²) in [6.07, 6.45) is 2.87. The second kappa shape index (κ2) is 8.41. The van der Waals surface area contributed by atoms with Crippen LogP contribution in [0.3, 0.4) is 0 Å². The highest BCUT2D eigenvalue weighted by atomic mass is 32.2. The molecule has 3 aromatic rings. The Morgan fingerprint density at radius 1 is 1.24 bits per heavy atom. The smallest absolute Gasteiger partial charge is 0.262 e. The van der Waals surface area contributed by atoms with E-state index in [9.17, 15) is 9.59 Å². The Morgan fingerprint density at radius 3 is 2.76 bits per heavy atom. The zero-order chi connectivity index (χ0) is 20.4. The molecule has 2 heterocycles. The quantitative estimate of drug-likeness (QED) is 0.455. The number of rotatable bonds is 8. The maximum atomic E-state index is 13.1. The molecule has 0 aliphatic heterocycles. The molecule has 1 aliphatic rings. The number of benzene rings is 1. The number of aryl methyl sites for hydroxylation is 3. The van der Waals surface area contributed by atoms with Crippen LogP contribution in [0.25, 0.3) is 10.9 Å². The van der Waals surface area contributed by atoms with Crippen molar-refractivity contribution in [2.75, 3.05) is 5.75 Å². The third-order valence-electron chi connectivity index (χ3n) is 4.96. The predicted molar refractivity (Wildman–Crippen MR) is 114 cm³/mol. The van der Waals surface area contributed by atoms with Crippen LogP contribution in [0.4, 0.5) is 0 Å². The van der Waals surface area contributed by atoms with E-state index in [0.717, 1.165) is 37.2 Å². The second-order valence-corrected chi connectivity index (χ2v) is 8.45. The van der Waals surface area contributed by atoms with Gasteiger partial charge >= 0.3 is 0 Å². The molecule has 1 aliphatic carbocycles. The van der Waals surface area contributed by atoms with Crippen LogP contribution in [0, 0.1) is 13.8 Å². The molecule has 0 bridgehead atoms. The Bertz CT molecular complexity index is 1100. The van der Waals surface area contributed by atoms with Gasteiger partial charge in [-0.1, -0.05) is 23.9 Å². The fraction of sp³-hybridized carbons (Fsp3) is 0.429. The number of hydrogen-bond donors (Lipinski definition) is 1. The van der Waals surface area contributed by atoms with Crippen molar-refractivity contribution < 1.29 is 4.79 Å². The van der Waals surface area contributed by atoms with Crippen LogP contribution >= 0.6 is 11.8 Å². The minimum atomic E-state index is -0.0610. The molecular weight excluding hydrogens is 386 g/mol. The molecule has 1 saturated carbocycles. The van der Waals surface area contributed by atoms with Crippen molar-refractivity contribution >= 4 is 28.6 Å². The molecule has 4 rings (SSSR count). The van der Waals surface area contributed by atoms with Gasteiger partial charge in [-0.15, -0.1) is 0 Å². The fourth-order valence-corrected chi connectivity index (χ4v) is 4.20. The summed E-state index contributed by atoms with van der Waals surface area (Å²) in [6, 6.07) is 9.73. The van der Waals surface area contributed by atoms with Crippen molar-refractivity contribution in [1.82, 2.24) is 24.6 Å². The van der Waals surface area contributed by atoms with Gasteiger partial charge in [-0.25, -0.2) is 4.98 Å². The van der Waals surface area contributed by atoms with Crippen LogP contribution in [0.15, 0.2) is 40.3 Å². The number of aromatic nitrogens is 4. The van der Waals surface area contributed by atoms with E-state index in [1.54, 1.807) is 10.6 Å². The Labute approximate surface area is 173 Å². The molecule has 1 aromatic carbocycles. The minimum absolute atomic E-state index is 0.00546. The average Bonchev–Trinajstić information content (AvgIpc) is 3.45. The van der Waals surface area contributed by atoms with Crippen molar-refractivity contribution in [3.63, 3.8) is 0 Å². The zero-order valence-electron chi connectivity index (χ0n) is 16.7. The largest absolute Gasteiger partial charge is 0.353 e. The average molecular weight is 412 g/mol. The summed E-state index contributed by atoms with van der Waals surface area (Å²) in [7, 11) is 0. The summed E-state index contributed by atoms with van der Waals surface area (Å²) >= 11 is 1.32. The fourth-order valence-electron chi connectivity index (χ4n) is 3.36. The van der Waals surface area contributed by atoms with Crippen LogP contribution in [0.1, 0.15) is 30.7 Å². The first-order valence-corrected chi connectivity index (χ1v) is 10.9. The van der Waals surface area contributed by atoms with Gasteiger partial charge in [0.25, 0.3) is 5.56 Å². The molecule has 8 heteroatoms. The number of fused-ring (bicyclic) bond motifs is 1. The number of thioether (sulfide) groups is 1. The molecule has 152 valence electrons. The molecule has 0 spiro atoms. The predicted octanol–water partition coefficient (Wildman–Crippen LogP) is 2.67. The van der Waals surface area contributed by atoms with E-state index in [-0.39, 0.29) is 17.2 Å². The lowest BCUT2D eigenvalue weighted by molar-refractivity contribution is -0.118. The van der Waals surface area contributed by atoms with Crippen LogP contribution in [0.2, 0.25) is 0 Å². The molecule has 2 aromatic heterocycles. The molecule has 0 radical (unpaired) electrons. The van der Waals surface area contributed by atoms with E-state index in [1.165, 1.54) is 11.8 Å². The highest BCUT2D eigenvalue weighted by molar-refractivity contribution is 7.99. The van der Waals surface area contributed by atoms with E-state index in [4.69, 9.17) is 0 Å². The van der Waals surface area contributed by atoms with Crippen molar-refractivity contribution in [3.05, 3.63) is 52.1 Å². The summed E-state index contributed by atoms with van der Waals surface area (Å²) in [5.74, 6) is 0.257. The molecule has 1 amide bonds. The third kappa shape index (κ3) is 4.70. The van der Waals surface area contributed by atoms with Gasteiger partial charge in [0.15, 0.2) is 5.16 Å². The zero-order valence-corrected chi connectivity index (χ0v) is 17.5. The van der Waals surface area contributed by atoms with Gasteiger partial charge < -0.3 is 5.32 Å². The van der Waals surface area contributed by atoms with Gasteiger partial charge in [0.1, 0.15) is 0 Å². The first-order chi connectivity index (χ1) is 14.0. The number of amides is 1. The van der Waals surface area contributed by atoms with E-state index in [0.29, 0.717) is 28.6 Å². The summed E-state index contributed by atoms with van der Waals surface area (Å²) in [4.78, 5) is 29.9. The molecule has 0 unspecified atom stereocenters. The van der Waals surface area contributed by atoms with E-state index in [2.05, 4.69) is 15.4 Å². The standard InChI is InChI=1S/C21H25N5O2S/c1-14-12-15(2)26(24-14)11-5-10-25-20(28)17-6-3-4-7-18(17)23-21(25)29-13-19(27)22-16-8-9-16/h3-4,6-7,12,16H,5,8-11,13H2,1-2H3,(H,22,27). The number of nitrogens with zero attached hydrogens (tertiary/aromatic N) is 4. The lowest BCUT2D eigenvalue weighted by atomic mass is 10.2. The number of hydrogen-bond acceptors (Lipinski definition) is 5. The van der Waals surface area contributed by atoms with Crippen molar-refractivity contribution in [3.8, 4) is 0 Å². The summed E-state index contributed by atoms with van der Waals surface area (Å²) in [6.45, 7) is 5.26. The van der Waals surface area contributed by atoms with E-state index >= 15 is 0 Å². The molecular formula is C21H25N5O2S. The Kier molecular flexibility index (Phi) is 5.71. The first kappa shape index (κ1) is 19.7. The number of carbonyl (C=O) groups excluding carboxylic acids is 1. The maximum Gasteiger partial charge on any atom is 0.262 e. The van der Waals surface area contributed by atoms with Crippen LogP contribution in [-0.4, -0.2) is 37.0 Å². The normalized spacial score (nSPS) is 13.7. The van der Waals surface area contributed by atoms with Crippen molar-refractivity contribution in [1.29, 1.82) is 0 Å². The second-order valence-electron chi connectivity index (χ2n) is 7.50. The Hall–Kier alpha value is -2.61. The SMILES string of the molecule is Cc1cc(C)n(CCCn2c(SCC(=O)NC3CC3)nc3ccccc3c2=O)n1. The first-order valence-electron chi connectivity index (χ1n) is 9.94. The topological polar surface area (TPSA) is 81.8 Å². The van der Waals surface area contributed by atoms with Crippen molar-refractivity contribution in [2.24, 2.45) is 0 Å². The highest BCUT2D eigenvalue weighted by Crippen LogP contribution is 2.21. The van der Waals surface area contributed by atoms with E-state index < -0.39 is 0 Å². The number of carbonyl (C=O) groups is 1. The number of para-hydroxylation sites is 1. The highest BCUT2D eigenvalue weighted by Gasteiger charge is 2.23. The summed E-state index contributed by atoms with van der Waals surface area (Å²) in [5.41, 5.74) is 2.70. The molecule has 1 fully saturated rings. The summed E-state index contributed by atoms with van der Waals surface area (Å²) in [5, 5.41) is 8.66. The molecule has 0 saturated heterocycles. The van der Waals surface area contributed by atoms with Gasteiger partial charge in [0.2, 0.25) is 5.91 Å². The molecule has 1 N–H and O–H groups in total. The minimum Gasteiger partial charge on any atom is -0.353 e. The monoisotopic (exact) mass is 411 g/mol.